The van der Waals surface area contributed by atoms with Gasteiger partial charge in [0, 0.05) is 25.5 Å². The Hall–Kier alpha value is -0.570. The second kappa shape index (κ2) is 4.45. The highest BCUT2D eigenvalue weighted by atomic mass is 32.1. The molecule has 0 atom stereocenters. The zero-order chi connectivity index (χ0) is 8.97. The molecule has 0 unspecified atom stereocenters. The fourth-order valence-electron chi connectivity index (χ4n) is 1.28. The third kappa shape index (κ3) is 1.97. The van der Waals surface area contributed by atoms with Gasteiger partial charge in [0.25, 0.3) is 0 Å². The molecule has 3 heteroatoms. The Labute approximate surface area is 78.8 Å². The van der Waals surface area contributed by atoms with E-state index < -0.39 is 0 Å². The van der Waals surface area contributed by atoms with Gasteiger partial charge in [0.1, 0.15) is 0 Å². The smallest absolute Gasteiger partial charge is 0.179 e. The molecule has 0 saturated carbocycles. The SMILES string of the molecule is CCCn1ccn(CCC)c1=S. The number of hydrogen-bond donors (Lipinski definition) is 0. The summed E-state index contributed by atoms with van der Waals surface area (Å²) in [5.74, 6) is 0. The molecule has 0 amide bonds. The van der Waals surface area contributed by atoms with Gasteiger partial charge < -0.3 is 9.13 Å². The molecule has 1 aromatic rings. The van der Waals surface area contributed by atoms with Crippen molar-refractivity contribution in [3.63, 3.8) is 0 Å². The summed E-state index contributed by atoms with van der Waals surface area (Å²) in [7, 11) is 0. The van der Waals surface area contributed by atoms with E-state index in [1.165, 1.54) is 0 Å². The van der Waals surface area contributed by atoms with Crippen LogP contribution in [0.4, 0.5) is 0 Å². The molecular formula is C9H16N2S. The lowest BCUT2D eigenvalue weighted by molar-refractivity contribution is 0.615. The van der Waals surface area contributed by atoms with Crippen LogP contribution in [0.3, 0.4) is 0 Å². The van der Waals surface area contributed by atoms with Crippen LogP contribution in [0.1, 0.15) is 26.7 Å². The Balaban J connectivity index is 2.81. The molecule has 0 N–H and O–H groups in total. The van der Waals surface area contributed by atoms with Gasteiger partial charge in [-0.05, 0) is 25.1 Å². The van der Waals surface area contributed by atoms with Gasteiger partial charge in [-0.3, -0.25) is 0 Å². The van der Waals surface area contributed by atoms with Crippen molar-refractivity contribution in [2.24, 2.45) is 0 Å². The highest BCUT2D eigenvalue weighted by Crippen LogP contribution is 2.00. The molecule has 1 rings (SSSR count). The van der Waals surface area contributed by atoms with Crippen LogP contribution in [0.25, 0.3) is 0 Å². The molecule has 0 bridgehead atoms. The first-order chi connectivity index (χ1) is 5.79. The van der Waals surface area contributed by atoms with Gasteiger partial charge in [-0.25, -0.2) is 0 Å². The molecule has 1 heterocycles. The summed E-state index contributed by atoms with van der Waals surface area (Å²) in [6, 6.07) is 0. The van der Waals surface area contributed by atoms with Crippen molar-refractivity contribution in [2.75, 3.05) is 0 Å². The van der Waals surface area contributed by atoms with Crippen LogP contribution in [-0.4, -0.2) is 9.13 Å². The number of rotatable bonds is 4. The molecule has 0 fully saturated rings. The lowest BCUT2D eigenvalue weighted by Crippen LogP contribution is -2.00. The Bertz CT molecular complexity index is 258. The first-order valence-electron chi connectivity index (χ1n) is 4.55. The largest absolute Gasteiger partial charge is 0.324 e. The third-order valence-corrected chi connectivity index (χ3v) is 2.32. The minimum Gasteiger partial charge on any atom is -0.324 e. The van der Waals surface area contributed by atoms with E-state index in [0.29, 0.717) is 0 Å². The molecule has 0 aliphatic rings. The molecule has 0 spiro atoms. The Kier molecular flexibility index (Phi) is 3.53. The molecule has 0 aromatic carbocycles. The first kappa shape index (κ1) is 9.52. The third-order valence-electron chi connectivity index (χ3n) is 1.85. The van der Waals surface area contributed by atoms with Crippen molar-refractivity contribution in [1.82, 2.24) is 9.13 Å². The second-order valence-electron chi connectivity index (χ2n) is 2.97. The maximum absolute atomic E-state index is 5.28. The molecule has 0 radical (unpaired) electrons. The van der Waals surface area contributed by atoms with Gasteiger partial charge in [-0.1, -0.05) is 13.8 Å². The molecule has 0 saturated heterocycles. The van der Waals surface area contributed by atoms with Crippen LogP contribution < -0.4 is 0 Å². The molecule has 1 aromatic heterocycles. The average Bonchev–Trinajstić information content (AvgIpc) is 2.38. The topological polar surface area (TPSA) is 9.86 Å². The van der Waals surface area contributed by atoms with Crippen molar-refractivity contribution in [3.8, 4) is 0 Å². The van der Waals surface area contributed by atoms with E-state index >= 15 is 0 Å². The average molecular weight is 184 g/mol. The quantitative estimate of drug-likeness (QED) is 0.654. The Morgan fingerprint density at radius 1 is 1.08 bits per heavy atom. The Morgan fingerprint density at radius 2 is 1.50 bits per heavy atom. The summed E-state index contributed by atoms with van der Waals surface area (Å²) in [5.41, 5.74) is 0. The van der Waals surface area contributed by atoms with E-state index in [0.717, 1.165) is 30.7 Å². The zero-order valence-corrected chi connectivity index (χ0v) is 8.60. The van der Waals surface area contributed by atoms with Crippen molar-refractivity contribution < 1.29 is 0 Å². The molecular weight excluding hydrogens is 168 g/mol. The van der Waals surface area contributed by atoms with Crippen LogP contribution >= 0.6 is 12.2 Å². The fourth-order valence-corrected chi connectivity index (χ4v) is 1.58. The summed E-state index contributed by atoms with van der Waals surface area (Å²) in [6.07, 6.45) is 6.43. The van der Waals surface area contributed by atoms with Crippen LogP contribution in [-0.2, 0) is 13.1 Å². The van der Waals surface area contributed by atoms with Crippen LogP contribution in [0.2, 0.25) is 0 Å². The number of aryl methyl sites for hydroxylation is 2. The number of nitrogens with zero attached hydrogens (tertiary/aromatic N) is 2. The number of aromatic nitrogens is 2. The van der Waals surface area contributed by atoms with Gasteiger partial charge in [-0.15, -0.1) is 0 Å². The highest BCUT2D eigenvalue weighted by molar-refractivity contribution is 7.71. The normalized spacial score (nSPS) is 10.5. The van der Waals surface area contributed by atoms with Crippen LogP contribution in [0.15, 0.2) is 12.4 Å². The maximum atomic E-state index is 5.28. The highest BCUT2D eigenvalue weighted by Gasteiger charge is 1.96. The monoisotopic (exact) mass is 184 g/mol. The fraction of sp³-hybridized carbons (Fsp3) is 0.667. The van der Waals surface area contributed by atoms with Gasteiger partial charge in [-0.2, -0.15) is 0 Å². The van der Waals surface area contributed by atoms with Gasteiger partial charge >= 0.3 is 0 Å². The predicted molar refractivity (Wildman–Crippen MR) is 53.8 cm³/mol. The van der Waals surface area contributed by atoms with Crippen molar-refractivity contribution in [1.29, 1.82) is 0 Å². The van der Waals surface area contributed by atoms with E-state index in [-0.39, 0.29) is 0 Å². The summed E-state index contributed by atoms with van der Waals surface area (Å²) >= 11 is 5.28. The van der Waals surface area contributed by atoms with E-state index in [4.69, 9.17) is 12.2 Å². The summed E-state index contributed by atoms with van der Waals surface area (Å²) in [4.78, 5) is 0. The lowest BCUT2D eigenvalue weighted by Gasteiger charge is -2.00. The van der Waals surface area contributed by atoms with Crippen molar-refractivity contribution in [3.05, 3.63) is 17.2 Å². The molecule has 0 aliphatic carbocycles. The second-order valence-corrected chi connectivity index (χ2v) is 3.33. The van der Waals surface area contributed by atoms with E-state index in [9.17, 15) is 0 Å². The standard InChI is InChI=1S/C9H16N2S/c1-3-5-10-7-8-11(6-4-2)9(10)12/h7-8H,3-6H2,1-2H3. The minimum atomic E-state index is 0.957. The van der Waals surface area contributed by atoms with Crippen LogP contribution in [0, 0.1) is 4.77 Å². The first-order valence-corrected chi connectivity index (χ1v) is 4.96. The van der Waals surface area contributed by atoms with Crippen molar-refractivity contribution in [2.45, 2.75) is 39.8 Å². The van der Waals surface area contributed by atoms with Crippen molar-refractivity contribution >= 4 is 12.2 Å². The summed E-state index contributed by atoms with van der Waals surface area (Å²) in [6.45, 7) is 6.41. The summed E-state index contributed by atoms with van der Waals surface area (Å²) < 4.78 is 5.22. The van der Waals surface area contributed by atoms with Gasteiger partial charge in [0.05, 0.1) is 0 Å². The predicted octanol–water partition coefficient (Wildman–Crippen LogP) is 2.84. The van der Waals surface area contributed by atoms with E-state index in [2.05, 4.69) is 35.4 Å². The zero-order valence-electron chi connectivity index (χ0n) is 7.79. The summed E-state index contributed by atoms with van der Waals surface area (Å²) in [5, 5.41) is 0. The number of hydrogen-bond acceptors (Lipinski definition) is 1. The molecule has 2 nitrogen and oxygen atoms in total. The van der Waals surface area contributed by atoms with E-state index in [1.54, 1.807) is 0 Å². The minimum absolute atomic E-state index is 0.957. The van der Waals surface area contributed by atoms with Crippen LogP contribution in [0.5, 0.6) is 0 Å². The molecule has 68 valence electrons. The Morgan fingerprint density at radius 3 is 1.83 bits per heavy atom. The van der Waals surface area contributed by atoms with E-state index in [1.807, 2.05) is 0 Å². The van der Waals surface area contributed by atoms with Gasteiger partial charge in [0.15, 0.2) is 4.77 Å². The lowest BCUT2D eigenvalue weighted by atomic mass is 10.5. The maximum Gasteiger partial charge on any atom is 0.179 e. The van der Waals surface area contributed by atoms with Gasteiger partial charge in [0.2, 0.25) is 0 Å². The molecule has 0 aliphatic heterocycles. The number of imidazole rings is 1. The molecule has 12 heavy (non-hydrogen) atoms.